The van der Waals surface area contributed by atoms with Gasteiger partial charge in [-0.3, -0.25) is 4.79 Å². The maximum Gasteiger partial charge on any atom is 0.285 e. The van der Waals surface area contributed by atoms with E-state index >= 15 is 0 Å². The van der Waals surface area contributed by atoms with Crippen molar-refractivity contribution < 1.29 is 4.52 Å². The molecule has 24 heavy (non-hydrogen) atoms. The first-order valence-corrected chi connectivity index (χ1v) is 7.44. The summed E-state index contributed by atoms with van der Waals surface area (Å²) in [5.74, 6) is 0.612. The molecule has 2 heterocycles. The molecule has 8 heteroatoms. The van der Waals surface area contributed by atoms with Gasteiger partial charge >= 0.3 is 0 Å². The maximum atomic E-state index is 12.3. The molecule has 0 amide bonds. The number of nitriles is 1. The molecule has 0 aliphatic rings. The van der Waals surface area contributed by atoms with Crippen LogP contribution < -0.4 is 5.56 Å². The number of hydrogen-bond donors (Lipinski definition) is 0. The van der Waals surface area contributed by atoms with Gasteiger partial charge in [-0.1, -0.05) is 16.8 Å². The molecule has 0 saturated carbocycles. The molecule has 0 aliphatic carbocycles. The number of hydrogen-bond acceptors (Lipinski definition) is 6. The molecule has 3 aromatic rings. The van der Waals surface area contributed by atoms with Gasteiger partial charge in [0.05, 0.1) is 5.69 Å². The van der Waals surface area contributed by atoms with Crippen molar-refractivity contribution in [3.8, 4) is 17.5 Å². The summed E-state index contributed by atoms with van der Waals surface area (Å²) < 4.78 is 6.33. The lowest BCUT2D eigenvalue weighted by atomic mass is 10.1. The van der Waals surface area contributed by atoms with Crippen molar-refractivity contribution in [1.29, 1.82) is 5.26 Å². The Morgan fingerprint density at radius 2 is 2.00 bits per heavy atom. The Bertz CT molecular complexity index is 999. The van der Waals surface area contributed by atoms with Crippen molar-refractivity contribution in [3.05, 3.63) is 62.4 Å². The summed E-state index contributed by atoms with van der Waals surface area (Å²) in [6.45, 7) is 3.42. The summed E-state index contributed by atoms with van der Waals surface area (Å²) in [7, 11) is 0. The molecule has 0 N–H and O–H groups in total. The van der Waals surface area contributed by atoms with E-state index in [9.17, 15) is 4.79 Å². The molecule has 0 radical (unpaired) electrons. The highest BCUT2D eigenvalue weighted by Gasteiger charge is 2.15. The van der Waals surface area contributed by atoms with Crippen LogP contribution in [0.2, 0.25) is 5.02 Å². The first kappa shape index (κ1) is 15.9. The second-order valence-electron chi connectivity index (χ2n) is 5.18. The summed E-state index contributed by atoms with van der Waals surface area (Å²) in [6, 6.07) is 8.90. The van der Waals surface area contributed by atoms with E-state index in [1.807, 2.05) is 6.07 Å². The topological polar surface area (TPSA) is 97.6 Å². The van der Waals surface area contributed by atoms with E-state index in [4.69, 9.17) is 21.4 Å². The number of nitrogens with zero attached hydrogens (tertiary/aromatic N) is 5. The molecule has 0 fully saturated rings. The van der Waals surface area contributed by atoms with Crippen LogP contribution >= 0.6 is 11.6 Å². The van der Waals surface area contributed by atoms with Gasteiger partial charge < -0.3 is 4.52 Å². The third-order valence-electron chi connectivity index (χ3n) is 3.60. The molecule has 0 aliphatic heterocycles. The zero-order valence-electron chi connectivity index (χ0n) is 12.9. The second kappa shape index (κ2) is 6.26. The number of rotatable bonds is 3. The van der Waals surface area contributed by atoms with E-state index in [-0.39, 0.29) is 18.0 Å². The smallest absolute Gasteiger partial charge is 0.285 e. The molecule has 3 rings (SSSR count). The van der Waals surface area contributed by atoms with Crippen LogP contribution in [0.15, 0.2) is 33.6 Å². The van der Waals surface area contributed by atoms with Gasteiger partial charge in [-0.15, -0.1) is 0 Å². The Morgan fingerprint density at radius 3 is 2.67 bits per heavy atom. The highest BCUT2D eigenvalue weighted by atomic mass is 35.5. The summed E-state index contributed by atoms with van der Waals surface area (Å²) >= 11 is 5.85. The van der Waals surface area contributed by atoms with Gasteiger partial charge in [0.25, 0.3) is 5.56 Å². The molecule has 0 saturated heterocycles. The molecular formula is C16H12ClN5O2. The Balaban J connectivity index is 1.94. The van der Waals surface area contributed by atoms with Gasteiger partial charge in [-0.25, -0.2) is 4.68 Å². The highest BCUT2D eigenvalue weighted by molar-refractivity contribution is 6.30. The maximum absolute atomic E-state index is 12.3. The lowest BCUT2D eigenvalue weighted by Gasteiger charge is -2.06. The summed E-state index contributed by atoms with van der Waals surface area (Å²) in [5.41, 5.74) is 1.51. The number of benzene rings is 1. The Hall–Kier alpha value is -2.98. The normalized spacial score (nSPS) is 10.6. The van der Waals surface area contributed by atoms with Gasteiger partial charge in [0, 0.05) is 10.6 Å². The lowest BCUT2D eigenvalue weighted by Crippen LogP contribution is -2.28. The molecule has 0 spiro atoms. The molecule has 120 valence electrons. The predicted octanol–water partition coefficient (Wildman–Crippen LogP) is 2.48. The van der Waals surface area contributed by atoms with Crippen LogP contribution in [0.1, 0.15) is 22.7 Å². The number of aromatic nitrogens is 4. The van der Waals surface area contributed by atoms with Crippen molar-refractivity contribution in [2.24, 2.45) is 0 Å². The minimum atomic E-state index is -0.480. The molecule has 0 bridgehead atoms. The molecule has 1 aromatic carbocycles. The SMILES string of the molecule is Cc1nn(Cc2nc(-c3ccc(Cl)cc3)no2)c(=O)c(C#N)c1C. The van der Waals surface area contributed by atoms with Gasteiger partial charge in [0.15, 0.2) is 0 Å². The van der Waals surface area contributed by atoms with Crippen molar-refractivity contribution in [2.45, 2.75) is 20.4 Å². The lowest BCUT2D eigenvalue weighted by molar-refractivity contribution is 0.362. The van der Waals surface area contributed by atoms with Crippen LogP contribution in [-0.2, 0) is 6.54 Å². The van der Waals surface area contributed by atoms with E-state index < -0.39 is 5.56 Å². The fourth-order valence-corrected chi connectivity index (χ4v) is 2.30. The Morgan fingerprint density at radius 1 is 1.29 bits per heavy atom. The Kier molecular flexibility index (Phi) is 4.15. The standard InChI is InChI=1S/C16H12ClN5O2/c1-9-10(2)20-22(16(23)13(9)7-18)8-14-19-15(21-24-14)11-3-5-12(17)6-4-11/h3-6H,8H2,1-2H3. The zero-order valence-corrected chi connectivity index (χ0v) is 13.7. The summed E-state index contributed by atoms with van der Waals surface area (Å²) in [5, 5.41) is 17.8. The monoisotopic (exact) mass is 341 g/mol. The van der Waals surface area contributed by atoms with Crippen LogP contribution in [-0.4, -0.2) is 19.9 Å². The van der Waals surface area contributed by atoms with Crippen LogP contribution in [0.4, 0.5) is 0 Å². The quantitative estimate of drug-likeness (QED) is 0.725. The minimum Gasteiger partial charge on any atom is -0.337 e. The zero-order chi connectivity index (χ0) is 17.3. The van der Waals surface area contributed by atoms with Crippen LogP contribution in [0.25, 0.3) is 11.4 Å². The first-order valence-electron chi connectivity index (χ1n) is 7.06. The van der Waals surface area contributed by atoms with Gasteiger partial charge in [0.2, 0.25) is 11.7 Å². The van der Waals surface area contributed by atoms with Crippen molar-refractivity contribution in [3.63, 3.8) is 0 Å². The van der Waals surface area contributed by atoms with E-state index in [2.05, 4.69) is 15.2 Å². The summed E-state index contributed by atoms with van der Waals surface area (Å²) in [6.07, 6.45) is 0. The molecule has 7 nitrogen and oxygen atoms in total. The molecule has 2 aromatic heterocycles. The van der Waals surface area contributed by atoms with E-state index in [1.165, 1.54) is 0 Å². The van der Waals surface area contributed by atoms with E-state index in [0.29, 0.717) is 22.1 Å². The highest BCUT2D eigenvalue weighted by Crippen LogP contribution is 2.18. The van der Waals surface area contributed by atoms with Crippen molar-refractivity contribution >= 4 is 11.6 Å². The van der Waals surface area contributed by atoms with Crippen LogP contribution in [0, 0.1) is 25.2 Å². The average molecular weight is 342 g/mol. The number of halogens is 1. The minimum absolute atomic E-state index is 0.00474. The van der Waals surface area contributed by atoms with Gasteiger partial charge in [-0.05, 0) is 43.7 Å². The molecule has 0 atom stereocenters. The van der Waals surface area contributed by atoms with Crippen molar-refractivity contribution in [1.82, 2.24) is 19.9 Å². The predicted molar refractivity (Wildman–Crippen MR) is 86.5 cm³/mol. The average Bonchev–Trinajstić information content (AvgIpc) is 3.02. The molecular weight excluding hydrogens is 330 g/mol. The number of aryl methyl sites for hydroxylation is 1. The van der Waals surface area contributed by atoms with Crippen LogP contribution in [0.3, 0.4) is 0 Å². The second-order valence-corrected chi connectivity index (χ2v) is 5.62. The fraction of sp³-hybridized carbons (Fsp3) is 0.188. The third kappa shape index (κ3) is 2.92. The van der Waals surface area contributed by atoms with Crippen molar-refractivity contribution in [2.75, 3.05) is 0 Å². The van der Waals surface area contributed by atoms with E-state index in [1.54, 1.807) is 38.1 Å². The summed E-state index contributed by atoms with van der Waals surface area (Å²) in [4.78, 5) is 16.5. The third-order valence-corrected chi connectivity index (χ3v) is 3.86. The van der Waals surface area contributed by atoms with Crippen LogP contribution in [0.5, 0.6) is 0 Å². The van der Waals surface area contributed by atoms with Gasteiger partial charge in [-0.2, -0.15) is 15.3 Å². The van der Waals surface area contributed by atoms with E-state index in [0.717, 1.165) is 10.2 Å². The largest absolute Gasteiger partial charge is 0.337 e. The van der Waals surface area contributed by atoms with Gasteiger partial charge in [0.1, 0.15) is 18.2 Å². The molecule has 0 unspecified atom stereocenters. The first-order chi connectivity index (χ1) is 11.5. The Labute approximate surface area is 142 Å². The fourth-order valence-electron chi connectivity index (χ4n) is 2.17.